The molecular formula is C17H15Cl2N5. The van der Waals surface area contributed by atoms with Gasteiger partial charge in [0, 0.05) is 25.1 Å². The number of benzene rings is 1. The molecule has 0 unspecified atom stereocenters. The van der Waals surface area contributed by atoms with Crippen molar-refractivity contribution in [3.05, 3.63) is 59.0 Å². The van der Waals surface area contributed by atoms with Crippen LogP contribution < -0.4 is 4.90 Å². The van der Waals surface area contributed by atoms with Crippen molar-refractivity contribution in [1.29, 1.82) is 0 Å². The Balaban J connectivity index is 1.86. The van der Waals surface area contributed by atoms with E-state index in [0.29, 0.717) is 15.7 Å². The largest absolute Gasteiger partial charge is 0.319 e. The van der Waals surface area contributed by atoms with Crippen LogP contribution in [0.1, 0.15) is 0 Å². The smallest absolute Gasteiger partial charge is 0.144 e. The van der Waals surface area contributed by atoms with Crippen LogP contribution >= 0.6 is 23.2 Å². The average Bonchev–Trinajstić information content (AvgIpc) is 2.98. The molecule has 0 saturated heterocycles. The average molecular weight is 360 g/mol. The summed E-state index contributed by atoms with van der Waals surface area (Å²) in [4.78, 5) is 8.85. The second-order valence-electron chi connectivity index (χ2n) is 5.75. The molecule has 0 fully saturated rings. The highest BCUT2D eigenvalue weighted by Gasteiger charge is 2.17. The molecule has 7 heteroatoms. The molecule has 0 aliphatic carbocycles. The van der Waals surface area contributed by atoms with E-state index in [1.807, 2.05) is 18.3 Å². The van der Waals surface area contributed by atoms with Gasteiger partial charge in [-0.3, -0.25) is 4.90 Å². The van der Waals surface area contributed by atoms with Gasteiger partial charge in [0.2, 0.25) is 0 Å². The third kappa shape index (κ3) is 2.65. The molecule has 3 heterocycles. The first-order valence-corrected chi connectivity index (χ1v) is 8.30. The van der Waals surface area contributed by atoms with E-state index in [-0.39, 0.29) is 0 Å². The lowest BCUT2D eigenvalue weighted by atomic mass is 10.3. The van der Waals surface area contributed by atoms with Crippen molar-refractivity contribution < 1.29 is 0 Å². The minimum absolute atomic E-state index is 0.558. The molecule has 0 radical (unpaired) electrons. The third-order valence-electron chi connectivity index (χ3n) is 3.95. The normalized spacial score (nSPS) is 15.4. The van der Waals surface area contributed by atoms with Gasteiger partial charge < -0.3 is 4.90 Å². The van der Waals surface area contributed by atoms with Gasteiger partial charge in [0.25, 0.3) is 0 Å². The van der Waals surface area contributed by atoms with Crippen LogP contribution in [-0.2, 0) is 0 Å². The summed E-state index contributed by atoms with van der Waals surface area (Å²) < 4.78 is 1.72. The van der Waals surface area contributed by atoms with Crippen LogP contribution in [0.25, 0.3) is 16.6 Å². The van der Waals surface area contributed by atoms with Crippen LogP contribution in [-0.4, -0.2) is 39.9 Å². The molecule has 2 aromatic heterocycles. The van der Waals surface area contributed by atoms with Gasteiger partial charge in [0.15, 0.2) is 0 Å². The van der Waals surface area contributed by atoms with E-state index in [0.717, 1.165) is 29.9 Å². The Morgan fingerprint density at radius 1 is 1.12 bits per heavy atom. The molecule has 122 valence electrons. The number of fused-ring (bicyclic) bond motifs is 1. The van der Waals surface area contributed by atoms with Crippen molar-refractivity contribution in [1.82, 2.24) is 19.7 Å². The first kappa shape index (κ1) is 15.4. The fourth-order valence-electron chi connectivity index (χ4n) is 2.84. The summed E-state index contributed by atoms with van der Waals surface area (Å²) in [5.74, 6) is 0.865. The van der Waals surface area contributed by atoms with Crippen molar-refractivity contribution in [3.8, 4) is 5.69 Å². The number of anilines is 1. The summed E-state index contributed by atoms with van der Waals surface area (Å²) >= 11 is 12.6. The summed E-state index contributed by atoms with van der Waals surface area (Å²) in [6, 6.07) is 7.31. The van der Waals surface area contributed by atoms with Crippen LogP contribution in [0.3, 0.4) is 0 Å². The minimum atomic E-state index is 0.558. The van der Waals surface area contributed by atoms with Crippen molar-refractivity contribution in [2.75, 3.05) is 25.2 Å². The lowest BCUT2D eigenvalue weighted by Crippen LogP contribution is -2.36. The number of rotatable bonds is 2. The molecule has 0 spiro atoms. The van der Waals surface area contributed by atoms with Gasteiger partial charge in [-0.05, 0) is 25.2 Å². The predicted octanol–water partition coefficient (Wildman–Crippen LogP) is 3.95. The minimum Gasteiger partial charge on any atom is -0.319 e. The highest BCUT2D eigenvalue weighted by molar-refractivity contribution is 6.37. The molecule has 0 atom stereocenters. The van der Waals surface area contributed by atoms with E-state index in [2.05, 4.69) is 39.2 Å². The lowest BCUT2D eigenvalue weighted by Gasteiger charge is -2.29. The third-order valence-corrected chi connectivity index (χ3v) is 4.56. The Hall–Kier alpha value is -2.08. The zero-order valence-corrected chi connectivity index (χ0v) is 14.5. The maximum atomic E-state index is 6.31. The number of likely N-dealkylation sites (N-methyl/N-ethyl adjacent to an activating group) is 1. The quantitative estimate of drug-likeness (QED) is 0.694. The molecule has 0 amide bonds. The van der Waals surface area contributed by atoms with Gasteiger partial charge in [-0.1, -0.05) is 35.3 Å². The molecule has 1 aliphatic rings. The van der Waals surface area contributed by atoms with Crippen LogP contribution in [0.15, 0.2) is 48.9 Å². The molecule has 3 aromatic rings. The van der Waals surface area contributed by atoms with Crippen LogP contribution in [0.4, 0.5) is 5.82 Å². The van der Waals surface area contributed by atoms with Gasteiger partial charge in [-0.25, -0.2) is 9.67 Å². The summed E-state index contributed by atoms with van der Waals surface area (Å²) in [6.07, 6.45) is 7.86. The van der Waals surface area contributed by atoms with Crippen molar-refractivity contribution in [3.63, 3.8) is 0 Å². The fraction of sp³-hybridized carbons (Fsp3) is 0.176. The topological polar surface area (TPSA) is 37.2 Å². The Kier molecular flexibility index (Phi) is 3.92. The molecule has 4 rings (SSSR count). The summed E-state index contributed by atoms with van der Waals surface area (Å²) in [5.41, 5.74) is 1.52. The zero-order valence-electron chi connectivity index (χ0n) is 13.0. The van der Waals surface area contributed by atoms with Gasteiger partial charge in [0.05, 0.1) is 27.6 Å². The Labute approximate surface area is 149 Å². The van der Waals surface area contributed by atoms with E-state index in [9.17, 15) is 0 Å². The Morgan fingerprint density at radius 3 is 2.67 bits per heavy atom. The summed E-state index contributed by atoms with van der Waals surface area (Å²) in [5, 5.41) is 6.69. The maximum absolute atomic E-state index is 6.31. The number of para-hydroxylation sites is 1. The Morgan fingerprint density at radius 2 is 1.92 bits per heavy atom. The highest BCUT2D eigenvalue weighted by Crippen LogP contribution is 2.31. The Bertz CT molecular complexity index is 914. The molecule has 0 saturated carbocycles. The standard InChI is InChI=1S/C17H15Cl2N5/c1-22-8-3-9-23(11-22)17-12-10-24(21-15(12)6-7-20-17)16-13(18)4-2-5-14(16)19/h2-7,9-10H,8,11H2,1H3. The molecule has 1 aromatic carbocycles. The van der Waals surface area contributed by atoms with Crippen molar-refractivity contribution in [2.24, 2.45) is 0 Å². The molecule has 0 N–H and O–H groups in total. The highest BCUT2D eigenvalue weighted by atomic mass is 35.5. The molecule has 24 heavy (non-hydrogen) atoms. The van der Waals surface area contributed by atoms with Crippen LogP contribution in [0, 0.1) is 0 Å². The molecule has 0 bridgehead atoms. The number of nitrogens with zero attached hydrogens (tertiary/aromatic N) is 5. The van der Waals surface area contributed by atoms with Crippen LogP contribution in [0.5, 0.6) is 0 Å². The van der Waals surface area contributed by atoms with Crippen LogP contribution in [0.2, 0.25) is 10.0 Å². The van der Waals surface area contributed by atoms with Crippen molar-refractivity contribution >= 4 is 39.9 Å². The second-order valence-corrected chi connectivity index (χ2v) is 6.56. The van der Waals surface area contributed by atoms with E-state index in [1.165, 1.54) is 0 Å². The number of hydrogen-bond acceptors (Lipinski definition) is 4. The number of hydrogen-bond donors (Lipinski definition) is 0. The summed E-state index contributed by atoms with van der Waals surface area (Å²) in [7, 11) is 2.07. The van der Waals surface area contributed by atoms with Crippen molar-refractivity contribution in [2.45, 2.75) is 0 Å². The molecule has 1 aliphatic heterocycles. The van der Waals surface area contributed by atoms with E-state index in [4.69, 9.17) is 23.2 Å². The fourth-order valence-corrected chi connectivity index (χ4v) is 3.41. The van der Waals surface area contributed by atoms with Gasteiger partial charge >= 0.3 is 0 Å². The number of aromatic nitrogens is 3. The monoisotopic (exact) mass is 359 g/mol. The molecular weight excluding hydrogens is 345 g/mol. The van der Waals surface area contributed by atoms with E-state index in [1.54, 1.807) is 23.0 Å². The predicted molar refractivity (Wildman–Crippen MR) is 98.0 cm³/mol. The van der Waals surface area contributed by atoms with Gasteiger partial charge in [-0.2, -0.15) is 5.10 Å². The maximum Gasteiger partial charge on any atom is 0.144 e. The van der Waals surface area contributed by atoms with E-state index >= 15 is 0 Å². The first-order valence-electron chi connectivity index (χ1n) is 7.54. The number of pyridine rings is 1. The number of halogens is 2. The summed E-state index contributed by atoms with van der Waals surface area (Å²) in [6.45, 7) is 1.71. The molecule has 5 nitrogen and oxygen atoms in total. The van der Waals surface area contributed by atoms with Gasteiger partial charge in [-0.15, -0.1) is 0 Å². The second kappa shape index (κ2) is 6.09. The SMILES string of the molecule is CN1CC=CN(c2nccc3nn(-c4c(Cl)cccc4Cl)cc23)C1. The van der Waals surface area contributed by atoms with E-state index < -0.39 is 0 Å². The first-order chi connectivity index (χ1) is 11.6. The lowest BCUT2D eigenvalue weighted by molar-refractivity contribution is 0.365. The van der Waals surface area contributed by atoms with Gasteiger partial charge in [0.1, 0.15) is 11.5 Å². The zero-order chi connectivity index (χ0) is 16.7.